The Morgan fingerprint density at radius 3 is 2.78 bits per heavy atom. The summed E-state index contributed by atoms with van der Waals surface area (Å²) in [6.07, 6.45) is 0.557. The number of benzene rings is 1. The third-order valence-electron chi connectivity index (χ3n) is 2.11. The number of carbonyl (C=O) groups excluding carboxylic acids is 1. The summed E-state index contributed by atoms with van der Waals surface area (Å²) in [6, 6.07) is 5.72. The number of hydrogen-bond acceptors (Lipinski definition) is 4. The molecule has 1 aromatic rings. The maximum atomic E-state index is 11.8. The molecule has 0 unspecified atom stereocenters. The molecule has 0 saturated heterocycles. The summed E-state index contributed by atoms with van der Waals surface area (Å²) in [5.41, 5.74) is 0. The molecular weight excluding hydrogens is 278 g/mol. The zero-order valence-electron chi connectivity index (χ0n) is 9.85. The Morgan fingerprint density at radius 1 is 1.44 bits per heavy atom. The number of ether oxygens (including phenoxy) is 1. The van der Waals surface area contributed by atoms with Crippen LogP contribution in [0, 0.1) is 0 Å². The minimum absolute atomic E-state index is 0.0323. The number of carbonyl (C=O) groups is 1. The van der Waals surface area contributed by atoms with Crippen molar-refractivity contribution in [2.45, 2.75) is 17.7 Å². The Labute approximate surface area is 111 Å². The zero-order valence-corrected chi connectivity index (χ0v) is 11.4. The van der Waals surface area contributed by atoms with E-state index in [4.69, 9.17) is 16.3 Å². The van der Waals surface area contributed by atoms with E-state index in [2.05, 4.69) is 0 Å². The molecule has 1 N–H and O–H groups in total. The molecule has 1 rings (SSSR count). The van der Waals surface area contributed by atoms with Gasteiger partial charge >= 0.3 is 0 Å². The van der Waals surface area contributed by atoms with Crippen LogP contribution in [-0.4, -0.2) is 28.0 Å². The van der Waals surface area contributed by atoms with Gasteiger partial charge in [-0.1, -0.05) is 17.7 Å². The van der Waals surface area contributed by atoms with E-state index >= 15 is 0 Å². The number of halogens is 1. The van der Waals surface area contributed by atoms with E-state index in [1.54, 1.807) is 6.07 Å². The Balaban J connectivity index is 2.68. The van der Waals surface area contributed by atoms with Gasteiger partial charge in [-0.3, -0.25) is 4.79 Å². The largest absolute Gasteiger partial charge is 0.385 e. The third-order valence-corrected chi connectivity index (χ3v) is 3.71. The quantitative estimate of drug-likeness (QED) is 0.808. The van der Waals surface area contributed by atoms with Crippen LogP contribution in [0.4, 0.5) is 0 Å². The summed E-state index contributed by atoms with van der Waals surface area (Å²) < 4.78 is 30.4. The summed E-state index contributed by atoms with van der Waals surface area (Å²) in [5.74, 6) is -0.563. The normalized spacial score (nSPS) is 11.2. The van der Waals surface area contributed by atoms with Gasteiger partial charge < -0.3 is 4.74 Å². The fourth-order valence-electron chi connectivity index (χ4n) is 1.27. The van der Waals surface area contributed by atoms with Crippen LogP contribution in [0.3, 0.4) is 0 Å². The van der Waals surface area contributed by atoms with E-state index in [-0.39, 0.29) is 11.3 Å². The topological polar surface area (TPSA) is 72.5 Å². The lowest BCUT2D eigenvalue weighted by Crippen LogP contribution is -2.30. The number of amides is 1. The van der Waals surface area contributed by atoms with Crippen LogP contribution >= 0.6 is 11.6 Å². The van der Waals surface area contributed by atoms with E-state index in [0.29, 0.717) is 18.1 Å². The van der Waals surface area contributed by atoms with E-state index < -0.39 is 15.9 Å². The molecule has 0 fully saturated rings. The van der Waals surface area contributed by atoms with Gasteiger partial charge in [-0.25, -0.2) is 13.1 Å². The Hall–Kier alpha value is -1.11. The maximum Gasteiger partial charge on any atom is 0.264 e. The molecular formula is C11H14ClNO4S. The molecule has 1 aromatic carbocycles. The molecule has 0 aliphatic carbocycles. The Morgan fingerprint density at radius 2 is 2.17 bits per heavy atom. The average Bonchev–Trinajstić information content (AvgIpc) is 2.28. The van der Waals surface area contributed by atoms with Crippen LogP contribution in [0.15, 0.2) is 29.2 Å². The van der Waals surface area contributed by atoms with Gasteiger partial charge in [0.1, 0.15) is 0 Å². The van der Waals surface area contributed by atoms with Gasteiger partial charge in [0.25, 0.3) is 10.0 Å². The van der Waals surface area contributed by atoms with Crippen molar-refractivity contribution in [1.29, 1.82) is 0 Å². The molecule has 5 nitrogen and oxygen atoms in total. The van der Waals surface area contributed by atoms with Crippen LogP contribution in [0.25, 0.3) is 0 Å². The SMILES string of the molecule is COCCCC(=O)NS(=O)(=O)c1cccc(Cl)c1. The molecule has 0 spiro atoms. The average molecular weight is 292 g/mol. The van der Waals surface area contributed by atoms with E-state index in [1.807, 2.05) is 4.72 Å². The lowest BCUT2D eigenvalue weighted by atomic mass is 10.3. The van der Waals surface area contributed by atoms with Gasteiger partial charge in [0.2, 0.25) is 5.91 Å². The van der Waals surface area contributed by atoms with Crippen molar-refractivity contribution >= 4 is 27.5 Å². The minimum Gasteiger partial charge on any atom is -0.385 e. The molecule has 0 atom stereocenters. The molecule has 7 heteroatoms. The molecule has 18 heavy (non-hydrogen) atoms. The van der Waals surface area contributed by atoms with Crippen molar-refractivity contribution in [3.8, 4) is 0 Å². The summed E-state index contributed by atoms with van der Waals surface area (Å²) in [6.45, 7) is 0.407. The third kappa shape index (κ3) is 4.64. The second-order valence-corrected chi connectivity index (χ2v) is 5.70. The molecule has 0 aliphatic rings. The van der Waals surface area contributed by atoms with Gasteiger partial charge in [-0.05, 0) is 24.6 Å². The van der Waals surface area contributed by atoms with Crippen molar-refractivity contribution < 1.29 is 17.9 Å². The highest BCUT2D eigenvalue weighted by Gasteiger charge is 2.17. The number of nitrogens with one attached hydrogen (secondary N) is 1. The second kappa shape index (κ2) is 6.72. The molecule has 0 heterocycles. The minimum atomic E-state index is -3.84. The van der Waals surface area contributed by atoms with Crippen LogP contribution < -0.4 is 4.72 Å². The van der Waals surface area contributed by atoms with Gasteiger partial charge in [-0.15, -0.1) is 0 Å². The first-order valence-electron chi connectivity index (χ1n) is 5.26. The van der Waals surface area contributed by atoms with Gasteiger partial charge in [-0.2, -0.15) is 0 Å². The Kier molecular flexibility index (Phi) is 5.58. The van der Waals surface area contributed by atoms with Crippen LogP contribution in [0.5, 0.6) is 0 Å². The fourth-order valence-corrected chi connectivity index (χ4v) is 2.59. The highest BCUT2D eigenvalue weighted by atomic mass is 35.5. The van der Waals surface area contributed by atoms with Crippen molar-refractivity contribution in [1.82, 2.24) is 4.72 Å². The molecule has 0 aromatic heterocycles. The van der Waals surface area contributed by atoms with Crippen LogP contribution in [0.1, 0.15) is 12.8 Å². The number of hydrogen-bond donors (Lipinski definition) is 1. The predicted octanol–water partition coefficient (Wildman–Crippen LogP) is 1.57. The zero-order chi connectivity index (χ0) is 13.6. The second-order valence-electron chi connectivity index (χ2n) is 3.58. The first-order chi connectivity index (χ1) is 8.45. The number of rotatable bonds is 6. The van der Waals surface area contributed by atoms with Gasteiger partial charge in [0.15, 0.2) is 0 Å². The summed E-state index contributed by atoms with van der Waals surface area (Å²) in [7, 11) is -2.33. The molecule has 0 saturated carbocycles. The molecule has 100 valence electrons. The van der Waals surface area contributed by atoms with Crippen molar-refractivity contribution in [2.75, 3.05) is 13.7 Å². The molecule has 0 bridgehead atoms. The predicted molar refractivity (Wildman–Crippen MR) is 67.9 cm³/mol. The molecule has 0 radical (unpaired) electrons. The lowest BCUT2D eigenvalue weighted by molar-refractivity contribution is -0.119. The highest BCUT2D eigenvalue weighted by molar-refractivity contribution is 7.90. The Bertz CT molecular complexity index is 516. The number of sulfonamides is 1. The fraction of sp³-hybridized carbons (Fsp3) is 0.364. The number of methoxy groups -OCH3 is 1. The van der Waals surface area contributed by atoms with E-state index in [9.17, 15) is 13.2 Å². The van der Waals surface area contributed by atoms with Crippen molar-refractivity contribution in [3.05, 3.63) is 29.3 Å². The molecule has 1 amide bonds. The highest BCUT2D eigenvalue weighted by Crippen LogP contribution is 2.15. The van der Waals surface area contributed by atoms with Crippen LogP contribution in [-0.2, 0) is 19.6 Å². The first-order valence-corrected chi connectivity index (χ1v) is 7.12. The summed E-state index contributed by atoms with van der Waals surface area (Å²) in [4.78, 5) is 11.4. The lowest BCUT2D eigenvalue weighted by Gasteiger charge is -2.06. The van der Waals surface area contributed by atoms with Crippen molar-refractivity contribution in [2.24, 2.45) is 0 Å². The van der Waals surface area contributed by atoms with Gasteiger partial charge in [0.05, 0.1) is 4.90 Å². The molecule has 0 aliphatic heterocycles. The maximum absolute atomic E-state index is 11.8. The van der Waals surface area contributed by atoms with E-state index in [1.165, 1.54) is 25.3 Å². The first kappa shape index (κ1) is 14.9. The summed E-state index contributed by atoms with van der Waals surface area (Å²) in [5, 5.41) is 0.296. The van der Waals surface area contributed by atoms with Crippen LogP contribution in [0.2, 0.25) is 5.02 Å². The summed E-state index contributed by atoms with van der Waals surface area (Å²) >= 11 is 5.70. The van der Waals surface area contributed by atoms with E-state index in [0.717, 1.165) is 0 Å². The smallest absolute Gasteiger partial charge is 0.264 e. The standard InChI is InChI=1S/C11H14ClNO4S/c1-17-7-3-6-11(14)13-18(15,16)10-5-2-4-9(12)8-10/h2,4-5,8H,3,6-7H2,1H3,(H,13,14). The van der Waals surface area contributed by atoms with Gasteiger partial charge in [0, 0.05) is 25.2 Å². The van der Waals surface area contributed by atoms with Crippen molar-refractivity contribution in [3.63, 3.8) is 0 Å². The monoisotopic (exact) mass is 291 g/mol.